The van der Waals surface area contributed by atoms with Gasteiger partial charge in [0.1, 0.15) is 5.76 Å². The summed E-state index contributed by atoms with van der Waals surface area (Å²) in [6.07, 6.45) is 2.14. The molecule has 1 fully saturated rings. The first-order valence-electron chi connectivity index (χ1n) is 11.0. The largest absolute Gasteiger partial charge is 0.481 e. The second kappa shape index (κ2) is 9.98. The zero-order chi connectivity index (χ0) is 22.5. The summed E-state index contributed by atoms with van der Waals surface area (Å²) in [6.45, 7) is 9.19. The second-order valence-electron chi connectivity index (χ2n) is 8.36. The van der Waals surface area contributed by atoms with Crippen LogP contribution in [0.3, 0.4) is 0 Å². The fourth-order valence-corrected chi connectivity index (χ4v) is 4.18. The van der Waals surface area contributed by atoms with E-state index in [1.165, 1.54) is 11.1 Å². The Morgan fingerprint density at radius 2 is 1.94 bits per heavy atom. The van der Waals surface area contributed by atoms with E-state index < -0.39 is 5.97 Å². The molecule has 2 heterocycles. The van der Waals surface area contributed by atoms with Gasteiger partial charge in [-0.05, 0) is 69.2 Å². The highest BCUT2D eigenvalue weighted by atomic mass is 16.6. The van der Waals surface area contributed by atoms with Gasteiger partial charge in [0, 0.05) is 25.1 Å². The van der Waals surface area contributed by atoms with E-state index in [1.807, 2.05) is 26.0 Å². The van der Waals surface area contributed by atoms with Crippen LogP contribution in [0.25, 0.3) is 11.5 Å². The number of oxazole rings is 1. The Bertz CT molecular complexity index is 928. The maximum atomic E-state index is 12.4. The summed E-state index contributed by atoms with van der Waals surface area (Å²) in [6, 6.07) is 6.10. The molecule has 1 unspecified atom stereocenters. The minimum Gasteiger partial charge on any atom is -0.481 e. The average molecular weight is 429 g/mol. The molecule has 0 aliphatic carbocycles. The minimum atomic E-state index is -0.744. The van der Waals surface area contributed by atoms with Crippen molar-refractivity contribution in [1.29, 1.82) is 0 Å². The first-order valence-corrected chi connectivity index (χ1v) is 11.0. The molecule has 1 aliphatic heterocycles. The number of carboxylic acid groups (broad SMARTS) is 1. The van der Waals surface area contributed by atoms with Crippen LogP contribution in [0.2, 0.25) is 0 Å². The molecule has 1 N–H and O–H groups in total. The van der Waals surface area contributed by atoms with Gasteiger partial charge >= 0.3 is 12.1 Å². The van der Waals surface area contributed by atoms with Gasteiger partial charge in [0.25, 0.3) is 0 Å². The molecule has 7 heteroatoms. The first kappa shape index (κ1) is 22.8. The van der Waals surface area contributed by atoms with Crippen LogP contribution < -0.4 is 0 Å². The third-order valence-electron chi connectivity index (χ3n) is 6.33. The number of carbonyl (C=O) groups excluding carboxylic acids is 1. The number of hydrogen-bond acceptors (Lipinski definition) is 5. The van der Waals surface area contributed by atoms with Crippen LogP contribution in [0, 0.1) is 32.6 Å². The van der Waals surface area contributed by atoms with Crippen molar-refractivity contribution in [2.24, 2.45) is 11.8 Å². The molecular weight excluding hydrogens is 396 g/mol. The molecule has 1 saturated heterocycles. The quantitative estimate of drug-likeness (QED) is 0.683. The van der Waals surface area contributed by atoms with Crippen LogP contribution in [0.5, 0.6) is 0 Å². The van der Waals surface area contributed by atoms with Gasteiger partial charge in [-0.1, -0.05) is 13.0 Å². The monoisotopic (exact) mass is 428 g/mol. The van der Waals surface area contributed by atoms with Crippen LogP contribution in [-0.2, 0) is 16.0 Å². The van der Waals surface area contributed by atoms with Crippen molar-refractivity contribution in [2.75, 3.05) is 19.7 Å². The number of likely N-dealkylation sites (tertiary alicyclic amines) is 1. The molecule has 1 aromatic heterocycles. The van der Waals surface area contributed by atoms with Gasteiger partial charge in [0.05, 0.1) is 18.2 Å². The lowest BCUT2D eigenvalue weighted by atomic mass is 9.83. The van der Waals surface area contributed by atoms with Crippen LogP contribution in [0.15, 0.2) is 22.6 Å². The highest BCUT2D eigenvalue weighted by molar-refractivity contribution is 5.70. The highest BCUT2D eigenvalue weighted by Gasteiger charge is 2.31. The van der Waals surface area contributed by atoms with Crippen molar-refractivity contribution in [3.05, 3.63) is 40.8 Å². The third-order valence-corrected chi connectivity index (χ3v) is 6.33. The number of amides is 1. The Balaban J connectivity index is 1.49. The van der Waals surface area contributed by atoms with E-state index in [9.17, 15) is 14.7 Å². The number of aryl methyl sites for hydroxylation is 3. The second-order valence-corrected chi connectivity index (χ2v) is 8.36. The summed E-state index contributed by atoms with van der Waals surface area (Å²) >= 11 is 0. The summed E-state index contributed by atoms with van der Waals surface area (Å²) in [4.78, 5) is 30.0. The minimum absolute atomic E-state index is 0.119. The van der Waals surface area contributed by atoms with Gasteiger partial charge in [-0.15, -0.1) is 0 Å². The number of ether oxygens (including phenoxy) is 1. The van der Waals surface area contributed by atoms with Crippen LogP contribution in [-0.4, -0.2) is 46.7 Å². The predicted octanol–water partition coefficient (Wildman–Crippen LogP) is 4.77. The average Bonchev–Trinajstić information content (AvgIpc) is 3.11. The van der Waals surface area contributed by atoms with Gasteiger partial charge < -0.3 is 19.2 Å². The molecule has 1 aromatic carbocycles. The van der Waals surface area contributed by atoms with Crippen molar-refractivity contribution in [3.8, 4) is 11.5 Å². The molecule has 2 aromatic rings. The lowest BCUT2D eigenvalue weighted by Gasteiger charge is -2.33. The normalized spacial score (nSPS) is 15.7. The lowest BCUT2D eigenvalue weighted by Crippen LogP contribution is -2.41. The summed E-state index contributed by atoms with van der Waals surface area (Å²) in [7, 11) is 0. The number of carboxylic acids is 1. The number of hydrogen-bond donors (Lipinski definition) is 1. The Kier molecular flexibility index (Phi) is 7.36. The van der Waals surface area contributed by atoms with Crippen LogP contribution >= 0.6 is 0 Å². The summed E-state index contributed by atoms with van der Waals surface area (Å²) in [5.74, 6) is 0.344. The topological polar surface area (TPSA) is 92.9 Å². The van der Waals surface area contributed by atoms with E-state index in [1.54, 1.807) is 4.90 Å². The van der Waals surface area contributed by atoms with E-state index in [2.05, 4.69) is 24.9 Å². The van der Waals surface area contributed by atoms with Gasteiger partial charge in [0.15, 0.2) is 0 Å². The van der Waals surface area contributed by atoms with Crippen molar-refractivity contribution < 1.29 is 23.8 Å². The third kappa shape index (κ3) is 5.46. The number of rotatable bonds is 7. The maximum absolute atomic E-state index is 12.4. The highest BCUT2D eigenvalue weighted by Crippen LogP contribution is 2.28. The molecule has 0 radical (unpaired) electrons. The van der Waals surface area contributed by atoms with Gasteiger partial charge in [0.2, 0.25) is 5.89 Å². The number of aliphatic carboxylic acids is 1. The predicted molar refractivity (Wildman–Crippen MR) is 117 cm³/mol. The molecule has 3 rings (SSSR count). The molecule has 0 saturated carbocycles. The molecule has 31 heavy (non-hydrogen) atoms. The van der Waals surface area contributed by atoms with Gasteiger partial charge in [-0.3, -0.25) is 4.79 Å². The number of benzene rings is 1. The van der Waals surface area contributed by atoms with Gasteiger partial charge in [-0.25, -0.2) is 9.78 Å². The molecule has 1 aliphatic rings. The molecule has 7 nitrogen and oxygen atoms in total. The fraction of sp³-hybridized carbons (Fsp3) is 0.542. The Morgan fingerprint density at radius 1 is 1.23 bits per heavy atom. The smallest absolute Gasteiger partial charge is 0.409 e. The van der Waals surface area contributed by atoms with Crippen molar-refractivity contribution in [2.45, 2.75) is 53.4 Å². The van der Waals surface area contributed by atoms with E-state index in [-0.39, 0.29) is 24.5 Å². The Morgan fingerprint density at radius 3 is 2.55 bits per heavy atom. The standard InChI is InChI=1S/C24H32N2O5/c1-5-20(23(27)28)18-8-11-26(12-9-18)24(29)30-13-10-21-17(4)31-22(25-21)19-7-6-15(2)16(3)14-19/h6-7,14,18,20H,5,8-13H2,1-4H3,(H,27,28). The van der Waals surface area contributed by atoms with Crippen LogP contribution in [0.4, 0.5) is 4.79 Å². The number of nitrogens with zero attached hydrogens (tertiary/aromatic N) is 2. The van der Waals surface area contributed by atoms with Gasteiger partial charge in [-0.2, -0.15) is 0 Å². The zero-order valence-corrected chi connectivity index (χ0v) is 18.8. The lowest BCUT2D eigenvalue weighted by molar-refractivity contribution is -0.144. The van der Waals surface area contributed by atoms with E-state index >= 15 is 0 Å². The first-order chi connectivity index (χ1) is 14.8. The Labute approximate surface area is 183 Å². The molecular formula is C24H32N2O5. The zero-order valence-electron chi connectivity index (χ0n) is 18.8. The fourth-order valence-electron chi connectivity index (χ4n) is 4.18. The number of carbonyl (C=O) groups is 2. The van der Waals surface area contributed by atoms with Crippen LogP contribution in [0.1, 0.15) is 48.8 Å². The van der Waals surface area contributed by atoms with E-state index in [0.29, 0.717) is 44.7 Å². The van der Waals surface area contributed by atoms with Crippen molar-refractivity contribution >= 4 is 12.1 Å². The molecule has 0 spiro atoms. The van der Waals surface area contributed by atoms with E-state index in [0.717, 1.165) is 17.0 Å². The maximum Gasteiger partial charge on any atom is 0.409 e. The number of piperidine rings is 1. The SMILES string of the molecule is CCC(C(=O)O)C1CCN(C(=O)OCCc2nc(-c3ccc(C)c(C)c3)oc2C)CC1. The summed E-state index contributed by atoms with van der Waals surface area (Å²) in [5, 5.41) is 9.33. The molecule has 1 atom stereocenters. The van der Waals surface area contributed by atoms with Crippen molar-refractivity contribution in [1.82, 2.24) is 9.88 Å². The van der Waals surface area contributed by atoms with Crippen molar-refractivity contribution in [3.63, 3.8) is 0 Å². The molecule has 1 amide bonds. The van der Waals surface area contributed by atoms with E-state index in [4.69, 9.17) is 9.15 Å². The summed E-state index contributed by atoms with van der Waals surface area (Å²) in [5.41, 5.74) is 4.12. The number of aromatic nitrogens is 1. The molecule has 0 bridgehead atoms. The molecule has 168 valence electrons. The summed E-state index contributed by atoms with van der Waals surface area (Å²) < 4.78 is 11.3. The Hall–Kier alpha value is -2.83.